The Bertz CT molecular complexity index is 453. The average molecular weight is 246 g/mol. The van der Waals surface area contributed by atoms with E-state index >= 15 is 0 Å². The Morgan fingerprint density at radius 1 is 1.50 bits per heavy atom. The van der Waals surface area contributed by atoms with Gasteiger partial charge in [-0.25, -0.2) is 0 Å². The second-order valence-corrected chi connectivity index (χ2v) is 4.65. The third-order valence-electron chi connectivity index (χ3n) is 3.49. The molecule has 1 fully saturated rings. The first-order valence-corrected chi connectivity index (χ1v) is 6.53. The van der Waals surface area contributed by atoms with Crippen molar-refractivity contribution in [3.8, 4) is 6.07 Å². The number of hydrogen-bond donors (Lipinski definition) is 0. The second kappa shape index (κ2) is 5.72. The van der Waals surface area contributed by atoms with Gasteiger partial charge in [-0.2, -0.15) is 5.26 Å². The Kier molecular flexibility index (Phi) is 4.03. The largest absolute Gasteiger partial charge is 0.456 e. The predicted molar refractivity (Wildman–Crippen MR) is 67.0 cm³/mol. The van der Waals surface area contributed by atoms with Gasteiger partial charge in [0.25, 0.3) is 5.91 Å². The lowest BCUT2D eigenvalue weighted by Crippen LogP contribution is -2.38. The SMILES string of the molecule is CCc1ccc(C(=O)N(CC#N)C2CCCC2)o1. The van der Waals surface area contributed by atoms with E-state index in [1.165, 1.54) is 0 Å². The van der Waals surface area contributed by atoms with Crippen LogP contribution in [0.5, 0.6) is 0 Å². The van der Waals surface area contributed by atoms with E-state index in [1.54, 1.807) is 11.0 Å². The van der Waals surface area contributed by atoms with Crippen molar-refractivity contribution in [2.24, 2.45) is 0 Å². The molecular weight excluding hydrogens is 228 g/mol. The molecule has 1 saturated carbocycles. The topological polar surface area (TPSA) is 57.2 Å². The van der Waals surface area contributed by atoms with Crippen molar-refractivity contribution in [2.75, 3.05) is 6.54 Å². The van der Waals surface area contributed by atoms with Crippen LogP contribution in [0.15, 0.2) is 16.5 Å². The van der Waals surface area contributed by atoms with Gasteiger partial charge >= 0.3 is 0 Å². The number of nitrogens with zero attached hydrogens (tertiary/aromatic N) is 2. The summed E-state index contributed by atoms with van der Waals surface area (Å²) in [5.74, 6) is 1.01. The van der Waals surface area contributed by atoms with Crippen LogP contribution < -0.4 is 0 Å². The molecule has 1 aromatic heterocycles. The zero-order chi connectivity index (χ0) is 13.0. The number of carbonyl (C=O) groups is 1. The summed E-state index contributed by atoms with van der Waals surface area (Å²) in [6, 6.07) is 5.82. The van der Waals surface area contributed by atoms with Gasteiger partial charge in [-0.3, -0.25) is 4.79 Å². The zero-order valence-electron chi connectivity index (χ0n) is 10.7. The van der Waals surface area contributed by atoms with Crippen molar-refractivity contribution in [3.05, 3.63) is 23.7 Å². The Morgan fingerprint density at radius 3 is 2.78 bits per heavy atom. The van der Waals surface area contributed by atoms with Crippen LogP contribution in [0.3, 0.4) is 0 Å². The number of rotatable bonds is 4. The molecule has 0 aliphatic heterocycles. The minimum absolute atomic E-state index is 0.145. The summed E-state index contributed by atoms with van der Waals surface area (Å²) in [6.07, 6.45) is 5.04. The quantitative estimate of drug-likeness (QED) is 0.767. The van der Waals surface area contributed by atoms with Gasteiger partial charge in [0.1, 0.15) is 12.3 Å². The van der Waals surface area contributed by atoms with E-state index in [0.29, 0.717) is 5.76 Å². The molecule has 4 nitrogen and oxygen atoms in total. The first kappa shape index (κ1) is 12.7. The van der Waals surface area contributed by atoms with E-state index in [0.717, 1.165) is 37.9 Å². The third kappa shape index (κ3) is 2.56. The fourth-order valence-corrected chi connectivity index (χ4v) is 2.48. The van der Waals surface area contributed by atoms with E-state index in [2.05, 4.69) is 6.07 Å². The molecule has 1 heterocycles. The highest BCUT2D eigenvalue weighted by molar-refractivity contribution is 5.92. The number of furan rings is 1. The number of aryl methyl sites for hydroxylation is 1. The zero-order valence-corrected chi connectivity index (χ0v) is 10.7. The molecule has 0 spiro atoms. The molecule has 1 aromatic rings. The molecule has 0 aromatic carbocycles. The molecular formula is C14H18N2O2. The normalized spacial score (nSPS) is 15.6. The van der Waals surface area contributed by atoms with Gasteiger partial charge in [0.05, 0.1) is 6.07 Å². The summed E-state index contributed by atoms with van der Waals surface area (Å²) >= 11 is 0. The Morgan fingerprint density at radius 2 is 2.22 bits per heavy atom. The van der Waals surface area contributed by atoms with Gasteiger partial charge in [0, 0.05) is 12.5 Å². The maximum Gasteiger partial charge on any atom is 0.290 e. The molecule has 18 heavy (non-hydrogen) atoms. The predicted octanol–water partition coefficient (Wildman–Crippen LogP) is 2.75. The van der Waals surface area contributed by atoms with Crippen molar-refractivity contribution < 1.29 is 9.21 Å². The van der Waals surface area contributed by atoms with Crippen LogP contribution in [-0.4, -0.2) is 23.4 Å². The van der Waals surface area contributed by atoms with Gasteiger partial charge in [-0.05, 0) is 25.0 Å². The summed E-state index contributed by atoms with van der Waals surface area (Å²) in [5, 5.41) is 8.87. The van der Waals surface area contributed by atoms with Gasteiger partial charge in [-0.15, -0.1) is 0 Å². The molecule has 0 radical (unpaired) electrons. The lowest BCUT2D eigenvalue weighted by Gasteiger charge is -2.25. The maximum atomic E-state index is 12.3. The summed E-state index contributed by atoms with van der Waals surface area (Å²) in [4.78, 5) is 14.0. The smallest absolute Gasteiger partial charge is 0.290 e. The number of carbonyl (C=O) groups excluding carboxylic acids is 1. The van der Waals surface area contributed by atoms with Crippen LogP contribution >= 0.6 is 0 Å². The number of nitriles is 1. The maximum absolute atomic E-state index is 12.3. The first-order valence-electron chi connectivity index (χ1n) is 6.53. The molecule has 1 aliphatic carbocycles. The highest BCUT2D eigenvalue weighted by atomic mass is 16.4. The summed E-state index contributed by atoms with van der Waals surface area (Å²) in [5.41, 5.74) is 0. The van der Waals surface area contributed by atoms with E-state index < -0.39 is 0 Å². The molecule has 1 aliphatic rings. The van der Waals surface area contributed by atoms with Crippen LogP contribution in [0.2, 0.25) is 0 Å². The van der Waals surface area contributed by atoms with E-state index in [4.69, 9.17) is 9.68 Å². The number of hydrogen-bond acceptors (Lipinski definition) is 3. The number of amides is 1. The molecule has 0 N–H and O–H groups in total. The van der Waals surface area contributed by atoms with E-state index in [9.17, 15) is 4.79 Å². The van der Waals surface area contributed by atoms with Crippen molar-refractivity contribution in [1.29, 1.82) is 5.26 Å². The lowest BCUT2D eigenvalue weighted by atomic mass is 10.2. The van der Waals surface area contributed by atoms with Gasteiger partial charge in [0.2, 0.25) is 0 Å². The molecule has 0 bridgehead atoms. The second-order valence-electron chi connectivity index (χ2n) is 4.65. The molecule has 96 valence electrons. The van der Waals surface area contributed by atoms with E-state index in [-0.39, 0.29) is 18.5 Å². The highest BCUT2D eigenvalue weighted by Crippen LogP contribution is 2.25. The summed E-state index contributed by atoms with van der Waals surface area (Å²) in [6.45, 7) is 2.13. The summed E-state index contributed by atoms with van der Waals surface area (Å²) < 4.78 is 5.48. The van der Waals surface area contributed by atoms with Crippen molar-refractivity contribution in [2.45, 2.75) is 45.1 Å². The van der Waals surface area contributed by atoms with Crippen molar-refractivity contribution in [1.82, 2.24) is 4.90 Å². The van der Waals surface area contributed by atoms with Gasteiger partial charge in [-0.1, -0.05) is 19.8 Å². The molecule has 0 atom stereocenters. The minimum atomic E-state index is -0.150. The lowest BCUT2D eigenvalue weighted by molar-refractivity contribution is 0.0675. The monoisotopic (exact) mass is 246 g/mol. The average Bonchev–Trinajstić information content (AvgIpc) is 3.05. The first-order chi connectivity index (χ1) is 8.76. The molecule has 4 heteroatoms. The van der Waals surface area contributed by atoms with Crippen LogP contribution in [0.25, 0.3) is 0 Å². The molecule has 1 amide bonds. The molecule has 2 rings (SSSR count). The van der Waals surface area contributed by atoms with Crippen LogP contribution in [0.1, 0.15) is 48.9 Å². The highest BCUT2D eigenvalue weighted by Gasteiger charge is 2.28. The van der Waals surface area contributed by atoms with Crippen LogP contribution in [0, 0.1) is 11.3 Å². The van der Waals surface area contributed by atoms with Crippen molar-refractivity contribution >= 4 is 5.91 Å². The Hall–Kier alpha value is -1.76. The Labute approximate surface area is 107 Å². The molecule has 0 unspecified atom stereocenters. The fraction of sp³-hybridized carbons (Fsp3) is 0.571. The Balaban J connectivity index is 2.14. The molecule has 0 saturated heterocycles. The van der Waals surface area contributed by atoms with E-state index in [1.807, 2.05) is 13.0 Å². The third-order valence-corrected chi connectivity index (χ3v) is 3.49. The standard InChI is InChI=1S/C14H18N2O2/c1-2-12-7-8-13(18-12)14(17)16(10-9-15)11-5-3-4-6-11/h7-8,11H,2-6,10H2,1H3. The van der Waals surface area contributed by atoms with Crippen molar-refractivity contribution in [3.63, 3.8) is 0 Å². The fourth-order valence-electron chi connectivity index (χ4n) is 2.48. The van der Waals surface area contributed by atoms with Gasteiger partial charge in [0.15, 0.2) is 5.76 Å². The summed E-state index contributed by atoms with van der Waals surface area (Å²) in [7, 11) is 0. The minimum Gasteiger partial charge on any atom is -0.456 e. The van der Waals surface area contributed by atoms with Gasteiger partial charge < -0.3 is 9.32 Å². The van der Waals surface area contributed by atoms with Crippen LogP contribution in [0.4, 0.5) is 0 Å². The van der Waals surface area contributed by atoms with Crippen LogP contribution in [-0.2, 0) is 6.42 Å².